The van der Waals surface area contributed by atoms with Gasteiger partial charge in [-0.05, 0) is 32.6 Å². The molecule has 1 saturated carbocycles. The molecule has 0 spiro atoms. The van der Waals surface area contributed by atoms with E-state index in [1.54, 1.807) is 7.11 Å². The summed E-state index contributed by atoms with van der Waals surface area (Å²) in [4.78, 5) is 23.3. The lowest BCUT2D eigenvalue weighted by molar-refractivity contribution is -0.129. The van der Waals surface area contributed by atoms with Crippen LogP contribution in [-0.4, -0.2) is 48.1 Å². The summed E-state index contributed by atoms with van der Waals surface area (Å²) >= 11 is 0. The zero-order valence-corrected chi connectivity index (χ0v) is 15.5. The molecule has 0 radical (unpaired) electrons. The molecule has 3 rings (SSSR count). The highest BCUT2D eigenvalue weighted by Gasteiger charge is 2.45. The first-order valence-corrected chi connectivity index (χ1v) is 9.08. The molecule has 2 heterocycles. The van der Waals surface area contributed by atoms with Gasteiger partial charge in [-0.2, -0.15) is 0 Å². The van der Waals surface area contributed by atoms with E-state index in [0.29, 0.717) is 23.0 Å². The smallest absolute Gasteiger partial charge is 0.248 e. The maximum Gasteiger partial charge on any atom is 0.248 e. The van der Waals surface area contributed by atoms with Gasteiger partial charge in [0.15, 0.2) is 0 Å². The maximum atomic E-state index is 12.9. The summed E-state index contributed by atoms with van der Waals surface area (Å²) in [5.74, 6) is -2.44. The third kappa shape index (κ3) is 4.28. The van der Waals surface area contributed by atoms with E-state index in [4.69, 9.17) is 4.74 Å². The molecule has 1 aliphatic carbocycles. The van der Waals surface area contributed by atoms with Crippen molar-refractivity contribution in [2.45, 2.75) is 58.0 Å². The minimum atomic E-state index is -2.60. The molecule has 144 valence electrons. The van der Waals surface area contributed by atoms with E-state index in [1.165, 1.54) is 0 Å². The van der Waals surface area contributed by atoms with Crippen molar-refractivity contribution in [2.75, 3.05) is 30.4 Å². The number of aryl methyl sites for hydroxylation is 2. The van der Waals surface area contributed by atoms with Crippen molar-refractivity contribution in [1.29, 1.82) is 0 Å². The second-order valence-corrected chi connectivity index (χ2v) is 7.37. The Kier molecular flexibility index (Phi) is 5.41. The van der Waals surface area contributed by atoms with E-state index in [0.717, 1.165) is 25.9 Å². The van der Waals surface area contributed by atoms with Gasteiger partial charge < -0.3 is 15.0 Å². The summed E-state index contributed by atoms with van der Waals surface area (Å²) in [5.41, 5.74) is 1.96. The molecule has 2 aliphatic rings. The van der Waals surface area contributed by atoms with Crippen LogP contribution in [0.25, 0.3) is 0 Å². The number of methoxy groups -OCH3 is 1. The van der Waals surface area contributed by atoms with Gasteiger partial charge in [0.05, 0.1) is 23.2 Å². The topological polar surface area (TPSA) is 67.3 Å². The Labute approximate surface area is 152 Å². The maximum absolute atomic E-state index is 12.9. The number of nitrogens with zero attached hydrogens (tertiary/aromatic N) is 3. The average Bonchev–Trinajstić information content (AvgIpc) is 2.56. The summed E-state index contributed by atoms with van der Waals surface area (Å²) < 4.78 is 31.2. The molecule has 0 atom stereocenters. The van der Waals surface area contributed by atoms with Crippen molar-refractivity contribution in [3.05, 3.63) is 11.4 Å². The van der Waals surface area contributed by atoms with Gasteiger partial charge in [0.2, 0.25) is 17.8 Å². The van der Waals surface area contributed by atoms with Crippen LogP contribution in [0, 0.1) is 19.8 Å². The first kappa shape index (κ1) is 18.9. The predicted octanol–water partition coefficient (Wildman–Crippen LogP) is 3.08. The van der Waals surface area contributed by atoms with E-state index in [9.17, 15) is 13.6 Å². The lowest BCUT2D eigenvalue weighted by atomic mass is 9.79. The minimum Gasteiger partial charge on any atom is -0.381 e. The van der Waals surface area contributed by atoms with Gasteiger partial charge >= 0.3 is 0 Å². The Morgan fingerprint density at radius 3 is 2.31 bits per heavy atom. The number of rotatable bonds is 5. The first-order valence-electron chi connectivity index (χ1n) is 9.08. The van der Waals surface area contributed by atoms with Gasteiger partial charge in [0, 0.05) is 39.5 Å². The lowest BCUT2D eigenvalue weighted by Gasteiger charge is -2.34. The molecule has 6 nitrogen and oxygen atoms in total. The van der Waals surface area contributed by atoms with Crippen LogP contribution in [0.3, 0.4) is 0 Å². The Morgan fingerprint density at radius 2 is 1.81 bits per heavy atom. The number of amides is 1. The Hall–Kier alpha value is -1.83. The van der Waals surface area contributed by atoms with Crippen LogP contribution in [0.1, 0.15) is 43.5 Å². The first-order chi connectivity index (χ1) is 12.3. The molecule has 0 aromatic carbocycles. The summed E-state index contributed by atoms with van der Waals surface area (Å²) in [5, 5.41) is 2.80. The van der Waals surface area contributed by atoms with Crippen LogP contribution in [0.5, 0.6) is 0 Å². The summed E-state index contributed by atoms with van der Waals surface area (Å²) in [6.45, 7) is 5.32. The second kappa shape index (κ2) is 7.42. The molecule has 1 saturated heterocycles. The van der Waals surface area contributed by atoms with Gasteiger partial charge in [-0.25, -0.2) is 18.7 Å². The predicted molar refractivity (Wildman–Crippen MR) is 94.7 cm³/mol. The highest BCUT2D eigenvalue weighted by Crippen LogP contribution is 2.44. The Bertz CT molecular complexity index is 644. The monoisotopic (exact) mass is 368 g/mol. The van der Waals surface area contributed by atoms with Crippen molar-refractivity contribution in [1.82, 2.24) is 9.97 Å². The quantitative estimate of drug-likeness (QED) is 0.865. The minimum absolute atomic E-state index is 0.112. The van der Waals surface area contributed by atoms with Crippen LogP contribution in [0.2, 0.25) is 0 Å². The molecule has 26 heavy (non-hydrogen) atoms. The molecule has 1 N–H and O–H groups in total. The van der Waals surface area contributed by atoms with E-state index in [2.05, 4.69) is 20.2 Å². The van der Waals surface area contributed by atoms with Crippen LogP contribution in [0.15, 0.2) is 0 Å². The summed E-state index contributed by atoms with van der Waals surface area (Å²) in [7, 11) is 1.73. The number of ether oxygens (including phenoxy) is 1. The van der Waals surface area contributed by atoms with Crippen molar-refractivity contribution in [3.63, 3.8) is 0 Å². The molecule has 1 aromatic rings. The molecule has 8 heteroatoms. The SMILES string of the molecule is COC1CCN(c2nc(C)c(NC(=O)CC3CC(F)(F)C3)c(C)n2)CC1. The number of piperidine rings is 1. The van der Waals surface area contributed by atoms with Crippen LogP contribution < -0.4 is 10.2 Å². The number of hydrogen-bond acceptors (Lipinski definition) is 5. The van der Waals surface area contributed by atoms with E-state index < -0.39 is 5.92 Å². The summed E-state index contributed by atoms with van der Waals surface area (Å²) in [6.07, 6.45) is 1.85. The molecule has 0 unspecified atom stereocenters. The Balaban J connectivity index is 1.61. The number of aromatic nitrogens is 2. The van der Waals surface area contributed by atoms with Gasteiger partial charge in [-0.15, -0.1) is 0 Å². The fraction of sp³-hybridized carbons (Fsp3) is 0.722. The molecular weight excluding hydrogens is 342 g/mol. The van der Waals surface area contributed by atoms with Crippen LogP contribution >= 0.6 is 0 Å². The third-order valence-corrected chi connectivity index (χ3v) is 5.23. The van der Waals surface area contributed by atoms with Gasteiger partial charge in [0.25, 0.3) is 0 Å². The molecule has 0 bridgehead atoms. The molecule has 2 fully saturated rings. The highest BCUT2D eigenvalue weighted by atomic mass is 19.3. The van der Waals surface area contributed by atoms with Crippen molar-refractivity contribution >= 4 is 17.5 Å². The number of hydrogen-bond donors (Lipinski definition) is 1. The second-order valence-electron chi connectivity index (χ2n) is 7.37. The number of alkyl halides is 2. The third-order valence-electron chi connectivity index (χ3n) is 5.23. The number of carbonyl (C=O) groups excluding carboxylic acids is 1. The van der Waals surface area contributed by atoms with E-state index >= 15 is 0 Å². The lowest BCUT2D eigenvalue weighted by Crippen LogP contribution is -2.38. The van der Waals surface area contributed by atoms with Crippen LogP contribution in [-0.2, 0) is 9.53 Å². The van der Waals surface area contributed by atoms with Crippen LogP contribution in [0.4, 0.5) is 20.4 Å². The molecule has 1 aliphatic heterocycles. The molecular formula is C18H26F2N4O2. The highest BCUT2D eigenvalue weighted by molar-refractivity contribution is 5.92. The van der Waals surface area contributed by atoms with Gasteiger partial charge in [0.1, 0.15) is 0 Å². The Morgan fingerprint density at radius 1 is 1.23 bits per heavy atom. The van der Waals surface area contributed by atoms with E-state index in [1.807, 2.05) is 13.8 Å². The number of carbonyl (C=O) groups is 1. The normalized spacial score (nSPS) is 20.7. The van der Waals surface area contributed by atoms with Gasteiger partial charge in [-0.3, -0.25) is 4.79 Å². The fourth-order valence-corrected chi connectivity index (χ4v) is 3.69. The number of anilines is 2. The largest absolute Gasteiger partial charge is 0.381 e. The molecule has 1 amide bonds. The fourth-order valence-electron chi connectivity index (χ4n) is 3.69. The van der Waals surface area contributed by atoms with Crippen molar-refractivity contribution in [2.24, 2.45) is 5.92 Å². The average molecular weight is 368 g/mol. The van der Waals surface area contributed by atoms with Crippen molar-refractivity contribution in [3.8, 4) is 0 Å². The van der Waals surface area contributed by atoms with Crippen molar-refractivity contribution < 1.29 is 18.3 Å². The van der Waals surface area contributed by atoms with E-state index in [-0.39, 0.29) is 37.2 Å². The summed E-state index contributed by atoms with van der Waals surface area (Å²) in [6, 6.07) is 0. The van der Waals surface area contributed by atoms with Gasteiger partial charge in [-0.1, -0.05) is 0 Å². The molecule has 1 aromatic heterocycles. The number of nitrogens with one attached hydrogen (secondary N) is 1. The standard InChI is InChI=1S/C18H26F2N4O2/c1-11-16(23-15(25)8-13-9-18(19,20)10-13)12(2)22-17(21-11)24-6-4-14(26-3)5-7-24/h13-14H,4-10H2,1-3H3,(H,23,25). The zero-order valence-electron chi connectivity index (χ0n) is 15.5. The zero-order chi connectivity index (χ0) is 18.9. The number of halogens is 2.